The number of hydrogen-bond acceptors (Lipinski definition) is 10. The lowest BCUT2D eigenvalue weighted by atomic mass is 10.3. The van der Waals surface area contributed by atoms with Crippen LogP contribution >= 0.6 is 7.92 Å². The molecule has 0 spiro atoms. The van der Waals surface area contributed by atoms with Crippen molar-refractivity contribution < 1.29 is 42.6 Å². The van der Waals surface area contributed by atoms with Gasteiger partial charge in [-0.05, 0) is 13.0 Å². The summed E-state index contributed by atoms with van der Waals surface area (Å²) in [7, 11) is 12.7. The Morgan fingerprint density at radius 1 is 0.439 bits per heavy atom. The zero-order chi connectivity index (χ0) is 30.5. The standard InChI is InChI=1S/C27H33O9P.C3H9N/c1-28-16-10-19(31-4)25(20(11-16)32-5)37(26-21(33-6)12-17(29-2)13-22(26)34-7)27-23(35-8)14-18(30-3)15-24(27)36-9;1-2-3-4/h10-15H,1-9H3;2-4H2,1H3. The van der Waals surface area contributed by atoms with Gasteiger partial charge in [-0.1, -0.05) is 6.92 Å². The molecule has 0 aromatic heterocycles. The molecular formula is C30H42NO9P. The molecule has 3 aromatic rings. The van der Waals surface area contributed by atoms with Gasteiger partial charge < -0.3 is 48.4 Å². The lowest BCUT2D eigenvalue weighted by molar-refractivity contribution is 0.378. The Morgan fingerprint density at radius 3 is 0.756 bits per heavy atom. The third kappa shape index (κ3) is 7.51. The SMILES string of the molecule is CCCN.COc1cc(OC)c(P(c2c(OC)cc(OC)cc2OC)c2c(OC)cc(OC)cc2OC)c(OC)c1. The van der Waals surface area contributed by atoms with E-state index in [0.29, 0.717) is 51.7 Å². The Morgan fingerprint density at radius 2 is 0.634 bits per heavy atom. The minimum absolute atomic E-state index is 0.544. The van der Waals surface area contributed by atoms with E-state index >= 15 is 0 Å². The highest BCUT2D eigenvalue weighted by Crippen LogP contribution is 2.51. The first-order valence-corrected chi connectivity index (χ1v) is 14.1. The van der Waals surface area contributed by atoms with Crippen molar-refractivity contribution in [2.24, 2.45) is 5.73 Å². The molecule has 0 saturated heterocycles. The summed E-state index contributed by atoms with van der Waals surface area (Å²) in [6.45, 7) is 2.88. The maximum absolute atomic E-state index is 5.88. The Balaban J connectivity index is 0.00000138. The van der Waals surface area contributed by atoms with Gasteiger partial charge in [0.05, 0.1) is 79.9 Å². The molecule has 0 unspecified atom stereocenters. The minimum Gasteiger partial charge on any atom is -0.496 e. The molecule has 11 heteroatoms. The van der Waals surface area contributed by atoms with Crippen molar-refractivity contribution in [3.8, 4) is 51.7 Å². The van der Waals surface area contributed by atoms with Crippen LogP contribution in [0.15, 0.2) is 36.4 Å². The first kappa shape index (κ1) is 33.5. The fraction of sp³-hybridized carbons (Fsp3) is 0.400. The van der Waals surface area contributed by atoms with Gasteiger partial charge in [0.25, 0.3) is 0 Å². The first-order valence-electron chi connectivity index (χ1n) is 12.8. The van der Waals surface area contributed by atoms with E-state index in [4.69, 9.17) is 48.4 Å². The van der Waals surface area contributed by atoms with E-state index in [0.717, 1.165) is 28.9 Å². The molecule has 0 aliphatic heterocycles. The summed E-state index contributed by atoms with van der Waals surface area (Å²) in [5.41, 5.74) is 5.03. The second kappa shape index (κ2) is 16.5. The van der Waals surface area contributed by atoms with E-state index in [1.165, 1.54) is 0 Å². The van der Waals surface area contributed by atoms with Crippen LogP contribution in [-0.4, -0.2) is 70.5 Å². The van der Waals surface area contributed by atoms with Gasteiger partial charge in [0.2, 0.25) is 0 Å². The number of ether oxygens (including phenoxy) is 9. The van der Waals surface area contributed by atoms with Gasteiger partial charge in [-0.25, -0.2) is 0 Å². The lowest BCUT2D eigenvalue weighted by Gasteiger charge is -2.29. The van der Waals surface area contributed by atoms with Crippen LogP contribution < -0.4 is 64.3 Å². The smallest absolute Gasteiger partial charge is 0.134 e. The Kier molecular flexibility index (Phi) is 13.5. The summed E-state index contributed by atoms with van der Waals surface area (Å²) in [5, 5.41) is 2.22. The Bertz CT molecular complexity index is 1040. The van der Waals surface area contributed by atoms with E-state index in [9.17, 15) is 0 Å². The highest BCUT2D eigenvalue weighted by Gasteiger charge is 2.36. The van der Waals surface area contributed by atoms with Crippen molar-refractivity contribution in [2.45, 2.75) is 13.3 Å². The van der Waals surface area contributed by atoms with E-state index in [1.807, 2.05) is 0 Å². The van der Waals surface area contributed by atoms with Gasteiger partial charge in [-0.2, -0.15) is 0 Å². The van der Waals surface area contributed by atoms with E-state index < -0.39 is 7.92 Å². The van der Waals surface area contributed by atoms with Crippen LogP contribution in [0.25, 0.3) is 0 Å². The highest BCUT2D eigenvalue weighted by atomic mass is 31.1. The zero-order valence-electron chi connectivity index (χ0n) is 25.6. The monoisotopic (exact) mass is 591 g/mol. The fourth-order valence-corrected chi connectivity index (χ4v) is 6.89. The molecule has 0 bridgehead atoms. The third-order valence-corrected chi connectivity index (χ3v) is 8.69. The maximum atomic E-state index is 5.88. The summed E-state index contributed by atoms with van der Waals surface area (Å²) in [5.74, 6) is 5.00. The van der Waals surface area contributed by atoms with E-state index in [1.54, 1.807) is 100 Å². The van der Waals surface area contributed by atoms with Gasteiger partial charge in [0.1, 0.15) is 51.7 Å². The zero-order valence-corrected chi connectivity index (χ0v) is 26.5. The van der Waals surface area contributed by atoms with Crippen LogP contribution in [0.3, 0.4) is 0 Å². The summed E-state index contributed by atoms with van der Waals surface area (Å²) in [4.78, 5) is 0. The molecule has 2 N–H and O–H groups in total. The topological polar surface area (TPSA) is 109 Å². The van der Waals surface area contributed by atoms with E-state index in [-0.39, 0.29) is 0 Å². The largest absolute Gasteiger partial charge is 0.496 e. The Hall–Kier alpha value is -3.75. The van der Waals surface area contributed by atoms with E-state index in [2.05, 4.69) is 6.92 Å². The summed E-state index contributed by atoms with van der Waals surface area (Å²) in [6, 6.07) is 10.8. The molecule has 10 nitrogen and oxygen atoms in total. The van der Waals surface area contributed by atoms with Gasteiger partial charge in [0, 0.05) is 44.3 Å². The fourth-order valence-electron chi connectivity index (χ4n) is 3.96. The van der Waals surface area contributed by atoms with Crippen molar-refractivity contribution in [3.63, 3.8) is 0 Å². The van der Waals surface area contributed by atoms with Crippen molar-refractivity contribution in [1.82, 2.24) is 0 Å². The average Bonchev–Trinajstić information content (AvgIpc) is 3.03. The second-order valence-electron chi connectivity index (χ2n) is 8.27. The maximum Gasteiger partial charge on any atom is 0.134 e. The van der Waals surface area contributed by atoms with Gasteiger partial charge in [-0.15, -0.1) is 0 Å². The summed E-state index contributed by atoms with van der Waals surface area (Å²) >= 11 is 0. The lowest BCUT2D eigenvalue weighted by Crippen LogP contribution is -2.27. The number of benzene rings is 3. The first-order chi connectivity index (χ1) is 19.9. The van der Waals surface area contributed by atoms with Crippen molar-refractivity contribution in [2.75, 3.05) is 70.5 Å². The predicted octanol–water partition coefficient (Wildman–Crippen LogP) is 3.88. The van der Waals surface area contributed by atoms with Crippen molar-refractivity contribution in [1.29, 1.82) is 0 Å². The predicted molar refractivity (Wildman–Crippen MR) is 163 cm³/mol. The van der Waals surface area contributed by atoms with Gasteiger partial charge in [-0.3, -0.25) is 0 Å². The van der Waals surface area contributed by atoms with Crippen LogP contribution in [0, 0.1) is 0 Å². The molecule has 41 heavy (non-hydrogen) atoms. The molecule has 3 rings (SSSR count). The summed E-state index contributed by atoms with van der Waals surface area (Å²) < 4.78 is 51.8. The molecular weight excluding hydrogens is 549 g/mol. The molecule has 0 heterocycles. The van der Waals surface area contributed by atoms with Gasteiger partial charge >= 0.3 is 0 Å². The molecule has 226 valence electrons. The quantitative estimate of drug-likeness (QED) is 0.294. The Labute approximate surface area is 244 Å². The molecule has 0 amide bonds. The van der Waals surface area contributed by atoms with Gasteiger partial charge in [0.15, 0.2) is 0 Å². The molecule has 0 saturated carbocycles. The van der Waals surface area contributed by atoms with Crippen LogP contribution in [0.2, 0.25) is 0 Å². The second-order valence-corrected chi connectivity index (χ2v) is 10.3. The molecule has 0 radical (unpaired) electrons. The number of nitrogens with two attached hydrogens (primary N) is 1. The number of hydrogen-bond donors (Lipinski definition) is 1. The average molecular weight is 592 g/mol. The highest BCUT2D eigenvalue weighted by molar-refractivity contribution is 7.81. The number of methoxy groups -OCH3 is 9. The summed E-state index contributed by atoms with van der Waals surface area (Å²) in [6.07, 6.45) is 1.10. The minimum atomic E-state index is -1.57. The van der Waals surface area contributed by atoms with Crippen LogP contribution in [0.4, 0.5) is 0 Å². The van der Waals surface area contributed by atoms with Crippen LogP contribution in [0.1, 0.15) is 13.3 Å². The molecule has 3 aromatic carbocycles. The molecule has 0 aliphatic carbocycles. The molecule has 0 atom stereocenters. The van der Waals surface area contributed by atoms with Crippen molar-refractivity contribution >= 4 is 23.8 Å². The third-order valence-electron chi connectivity index (χ3n) is 6.03. The van der Waals surface area contributed by atoms with Crippen molar-refractivity contribution in [3.05, 3.63) is 36.4 Å². The number of rotatable bonds is 13. The van der Waals surface area contributed by atoms with Crippen LogP contribution in [-0.2, 0) is 0 Å². The molecule has 0 aliphatic rings. The normalized spacial score (nSPS) is 10.2. The van der Waals surface area contributed by atoms with Crippen LogP contribution in [0.5, 0.6) is 51.7 Å². The molecule has 0 fully saturated rings.